The molecule has 2 amide bonds. The van der Waals surface area contributed by atoms with Crippen molar-refractivity contribution >= 4 is 62.7 Å². The first-order valence-electron chi connectivity index (χ1n) is 10.2. The quantitative estimate of drug-likeness (QED) is 0.450. The zero-order valence-electron chi connectivity index (χ0n) is 16.4. The predicted molar refractivity (Wildman–Crippen MR) is 124 cm³/mol. The SMILES string of the molecule is Nc1c(C(=O)Nc2cc(Cl)ccc2Cl)sc(NC2CCCCC2)c1C(=O)NC1CC1. The number of nitrogens with one attached hydrogen (secondary N) is 3. The summed E-state index contributed by atoms with van der Waals surface area (Å²) in [5, 5.41) is 10.7. The lowest BCUT2D eigenvalue weighted by atomic mass is 9.95. The topological polar surface area (TPSA) is 96.2 Å². The minimum Gasteiger partial charge on any atom is -0.397 e. The Morgan fingerprint density at radius 3 is 2.43 bits per heavy atom. The van der Waals surface area contributed by atoms with Crippen molar-refractivity contribution in [3.8, 4) is 0 Å². The molecule has 1 aromatic carbocycles. The van der Waals surface area contributed by atoms with Crippen LogP contribution in [0.3, 0.4) is 0 Å². The van der Waals surface area contributed by atoms with Crippen molar-refractivity contribution in [2.75, 3.05) is 16.4 Å². The van der Waals surface area contributed by atoms with Gasteiger partial charge in [0.2, 0.25) is 0 Å². The van der Waals surface area contributed by atoms with E-state index in [0.717, 1.165) is 38.5 Å². The maximum atomic E-state index is 13.0. The molecule has 1 heterocycles. The highest BCUT2D eigenvalue weighted by atomic mass is 35.5. The Morgan fingerprint density at radius 2 is 1.73 bits per heavy atom. The number of nitrogens with two attached hydrogens (primary N) is 1. The molecule has 0 saturated heterocycles. The van der Waals surface area contributed by atoms with Crippen molar-refractivity contribution in [3.63, 3.8) is 0 Å². The third kappa shape index (κ3) is 4.85. The lowest BCUT2D eigenvalue weighted by molar-refractivity contribution is 0.0953. The van der Waals surface area contributed by atoms with E-state index in [1.54, 1.807) is 18.2 Å². The number of halogens is 2. The molecule has 160 valence electrons. The van der Waals surface area contributed by atoms with E-state index in [9.17, 15) is 9.59 Å². The van der Waals surface area contributed by atoms with Gasteiger partial charge in [0.05, 0.1) is 22.0 Å². The van der Waals surface area contributed by atoms with E-state index in [4.69, 9.17) is 28.9 Å². The van der Waals surface area contributed by atoms with Crippen LogP contribution < -0.4 is 21.7 Å². The zero-order chi connectivity index (χ0) is 21.3. The van der Waals surface area contributed by atoms with E-state index in [-0.39, 0.29) is 28.6 Å². The minimum atomic E-state index is -0.418. The van der Waals surface area contributed by atoms with Gasteiger partial charge in [0, 0.05) is 17.1 Å². The Labute approximate surface area is 189 Å². The summed E-state index contributed by atoms with van der Waals surface area (Å²) in [5.74, 6) is -0.650. The molecule has 2 aromatic rings. The van der Waals surface area contributed by atoms with E-state index in [2.05, 4.69) is 16.0 Å². The molecule has 2 saturated carbocycles. The van der Waals surface area contributed by atoms with Crippen molar-refractivity contribution < 1.29 is 9.59 Å². The number of carbonyl (C=O) groups excluding carboxylic acids is 2. The van der Waals surface area contributed by atoms with Crippen LogP contribution in [0.1, 0.15) is 65.0 Å². The van der Waals surface area contributed by atoms with Crippen LogP contribution in [0, 0.1) is 0 Å². The summed E-state index contributed by atoms with van der Waals surface area (Å²) in [6.07, 6.45) is 7.57. The van der Waals surface area contributed by atoms with Gasteiger partial charge in [-0.25, -0.2) is 0 Å². The highest BCUT2D eigenvalue weighted by Gasteiger charge is 2.31. The van der Waals surface area contributed by atoms with Gasteiger partial charge in [-0.3, -0.25) is 9.59 Å². The van der Waals surface area contributed by atoms with Crippen LogP contribution in [-0.2, 0) is 0 Å². The second-order valence-corrected chi connectivity index (χ2v) is 9.72. The lowest BCUT2D eigenvalue weighted by Gasteiger charge is -2.23. The molecule has 0 aliphatic heterocycles. The Bertz CT molecular complexity index is 968. The molecule has 0 atom stereocenters. The third-order valence-electron chi connectivity index (χ3n) is 5.41. The number of hydrogen-bond donors (Lipinski definition) is 4. The monoisotopic (exact) mass is 466 g/mol. The molecule has 1 aromatic heterocycles. The normalized spacial score (nSPS) is 16.9. The molecule has 0 unspecified atom stereocenters. The average molecular weight is 467 g/mol. The molecule has 2 fully saturated rings. The fourth-order valence-corrected chi connectivity index (χ4v) is 5.06. The van der Waals surface area contributed by atoms with Crippen molar-refractivity contribution in [1.82, 2.24) is 5.32 Å². The summed E-state index contributed by atoms with van der Waals surface area (Å²) in [7, 11) is 0. The molecular formula is C21H24Cl2N4O2S. The molecule has 0 spiro atoms. The van der Waals surface area contributed by atoms with E-state index >= 15 is 0 Å². The maximum absolute atomic E-state index is 13.0. The largest absolute Gasteiger partial charge is 0.397 e. The van der Waals surface area contributed by atoms with Crippen LogP contribution in [0.25, 0.3) is 0 Å². The van der Waals surface area contributed by atoms with Crippen LogP contribution in [0.5, 0.6) is 0 Å². The molecule has 2 aliphatic rings. The van der Waals surface area contributed by atoms with Crippen LogP contribution >= 0.6 is 34.5 Å². The number of benzene rings is 1. The van der Waals surface area contributed by atoms with E-state index in [1.165, 1.54) is 17.8 Å². The zero-order valence-corrected chi connectivity index (χ0v) is 18.7. The second-order valence-electron chi connectivity index (χ2n) is 7.85. The van der Waals surface area contributed by atoms with Gasteiger partial charge in [0.1, 0.15) is 9.88 Å². The van der Waals surface area contributed by atoms with Gasteiger partial charge in [-0.15, -0.1) is 11.3 Å². The van der Waals surface area contributed by atoms with E-state index in [1.807, 2.05) is 0 Å². The first kappa shape index (κ1) is 21.3. The van der Waals surface area contributed by atoms with Gasteiger partial charge < -0.3 is 21.7 Å². The Kier molecular flexibility index (Phi) is 6.41. The van der Waals surface area contributed by atoms with Crippen molar-refractivity contribution in [1.29, 1.82) is 0 Å². The molecular weight excluding hydrogens is 443 g/mol. The Balaban J connectivity index is 1.62. The summed E-state index contributed by atoms with van der Waals surface area (Å²) in [5.41, 5.74) is 7.26. The Hall–Kier alpha value is -1.96. The number of hydrogen-bond acceptors (Lipinski definition) is 5. The molecule has 30 heavy (non-hydrogen) atoms. The molecule has 9 heteroatoms. The van der Waals surface area contributed by atoms with Crippen LogP contribution in [0.15, 0.2) is 18.2 Å². The number of rotatable bonds is 6. The number of amides is 2. The fraction of sp³-hybridized carbons (Fsp3) is 0.429. The predicted octanol–water partition coefficient (Wildman–Crippen LogP) is 5.53. The highest BCUT2D eigenvalue weighted by Crippen LogP contribution is 2.39. The molecule has 4 rings (SSSR count). The van der Waals surface area contributed by atoms with Gasteiger partial charge in [-0.1, -0.05) is 42.5 Å². The average Bonchev–Trinajstić information content (AvgIpc) is 3.47. The number of anilines is 3. The van der Waals surface area contributed by atoms with Gasteiger partial charge in [0.25, 0.3) is 11.8 Å². The summed E-state index contributed by atoms with van der Waals surface area (Å²) in [6.45, 7) is 0. The number of carbonyl (C=O) groups is 2. The van der Waals surface area contributed by atoms with Gasteiger partial charge in [-0.2, -0.15) is 0 Å². The maximum Gasteiger partial charge on any atom is 0.267 e. The van der Waals surface area contributed by atoms with Gasteiger partial charge in [0.15, 0.2) is 0 Å². The van der Waals surface area contributed by atoms with Crippen molar-refractivity contribution in [3.05, 3.63) is 38.7 Å². The van der Waals surface area contributed by atoms with Crippen molar-refractivity contribution in [2.24, 2.45) is 0 Å². The molecule has 0 bridgehead atoms. The minimum absolute atomic E-state index is 0.187. The summed E-state index contributed by atoms with van der Waals surface area (Å²) >= 11 is 13.4. The van der Waals surface area contributed by atoms with E-state index in [0.29, 0.717) is 26.3 Å². The molecule has 2 aliphatic carbocycles. The van der Waals surface area contributed by atoms with Crippen LogP contribution in [-0.4, -0.2) is 23.9 Å². The highest BCUT2D eigenvalue weighted by molar-refractivity contribution is 7.19. The molecule has 6 nitrogen and oxygen atoms in total. The molecule has 0 radical (unpaired) electrons. The first-order valence-corrected chi connectivity index (χ1v) is 11.8. The summed E-state index contributed by atoms with van der Waals surface area (Å²) in [4.78, 5) is 26.1. The van der Waals surface area contributed by atoms with Gasteiger partial charge in [-0.05, 0) is 43.9 Å². The van der Waals surface area contributed by atoms with Crippen LogP contribution in [0.2, 0.25) is 10.0 Å². The van der Waals surface area contributed by atoms with Crippen molar-refractivity contribution in [2.45, 2.75) is 57.0 Å². The Morgan fingerprint density at radius 1 is 1.00 bits per heavy atom. The summed E-state index contributed by atoms with van der Waals surface area (Å²) in [6, 6.07) is 5.31. The lowest BCUT2D eigenvalue weighted by Crippen LogP contribution is -2.28. The molecule has 5 N–H and O–H groups in total. The second kappa shape index (κ2) is 9.04. The third-order valence-corrected chi connectivity index (χ3v) is 7.11. The number of nitrogen functional groups attached to an aromatic ring is 1. The number of thiophene rings is 1. The summed E-state index contributed by atoms with van der Waals surface area (Å²) < 4.78 is 0. The van der Waals surface area contributed by atoms with Crippen LogP contribution in [0.4, 0.5) is 16.4 Å². The fourth-order valence-electron chi connectivity index (χ4n) is 3.63. The standard InChI is InChI=1S/C21H24Cl2N4O2S/c22-11-6-9-14(23)15(10-11)27-20(29)18-17(24)16(19(28)25-13-7-8-13)21(30-18)26-12-4-2-1-3-5-12/h6,9-10,12-13,26H,1-5,7-8,24H2,(H,25,28)(H,27,29). The first-order chi connectivity index (χ1) is 14.4. The van der Waals surface area contributed by atoms with E-state index < -0.39 is 5.91 Å². The smallest absolute Gasteiger partial charge is 0.267 e. The van der Waals surface area contributed by atoms with Gasteiger partial charge >= 0.3 is 0 Å².